The molecule has 0 aliphatic heterocycles. The molecule has 0 fully saturated rings. The Bertz CT molecular complexity index is 564. The Morgan fingerprint density at radius 3 is 1.00 bits per heavy atom. The molecular formula is C23H40O12. The first-order valence-corrected chi connectivity index (χ1v) is 11.6. The number of unbranched alkanes of at least 4 members (excludes halogenated alkanes) is 3. The molecule has 0 radical (unpaired) electrons. The van der Waals surface area contributed by atoms with Crippen LogP contribution >= 0.6 is 0 Å². The lowest BCUT2D eigenvalue weighted by molar-refractivity contribution is -0.150. The third kappa shape index (κ3) is 41.6. The van der Waals surface area contributed by atoms with Crippen LogP contribution < -0.4 is 0 Å². The topological polar surface area (TPSA) is 202 Å². The van der Waals surface area contributed by atoms with Crippen molar-refractivity contribution in [2.24, 2.45) is 0 Å². The fourth-order valence-corrected chi connectivity index (χ4v) is 1.95. The van der Waals surface area contributed by atoms with Crippen molar-refractivity contribution in [3.8, 4) is 0 Å². The predicted octanol–water partition coefficient (Wildman–Crippen LogP) is 3.50. The van der Waals surface area contributed by atoms with Crippen LogP contribution in [0.1, 0.15) is 97.3 Å². The van der Waals surface area contributed by atoms with Gasteiger partial charge in [0.15, 0.2) is 0 Å². The van der Waals surface area contributed by atoms with Crippen LogP contribution in [0.3, 0.4) is 0 Å². The van der Waals surface area contributed by atoms with E-state index in [0.29, 0.717) is 26.1 Å². The maximum absolute atomic E-state index is 11.1. The highest BCUT2D eigenvalue weighted by atomic mass is 16.5. The zero-order chi connectivity index (χ0) is 27.5. The SMILES string of the molecule is CCCCOC(=O)CCC(=O)OCCCC.O=C(O)CCCC(=O)O.O=C(O)CCCCC(=O)O. The molecular weight excluding hydrogens is 468 g/mol. The van der Waals surface area contributed by atoms with Crippen LogP contribution in [0.4, 0.5) is 0 Å². The second-order valence-electron chi connectivity index (χ2n) is 7.28. The second-order valence-corrected chi connectivity index (χ2v) is 7.28. The summed E-state index contributed by atoms with van der Waals surface area (Å²) >= 11 is 0. The number of hydrogen-bond acceptors (Lipinski definition) is 8. The van der Waals surface area contributed by atoms with Gasteiger partial charge in [-0.25, -0.2) is 0 Å². The molecule has 0 saturated heterocycles. The molecule has 12 heteroatoms. The number of carbonyl (C=O) groups excluding carboxylic acids is 2. The first-order chi connectivity index (χ1) is 16.5. The first kappa shape index (κ1) is 36.4. The standard InChI is InChI=1S/C12H22O4.C6H10O4.C5H8O4/c1-3-5-9-15-11(13)7-8-12(14)16-10-6-4-2;7-5(8)3-1-2-4-6(9)10;6-4(7)2-1-3-5(8)9/h3-10H2,1-2H3;1-4H2,(H,7,8)(H,9,10);1-3H2,(H,6,7)(H,8,9). The number of esters is 2. The highest BCUT2D eigenvalue weighted by Crippen LogP contribution is 2.00. The molecule has 35 heavy (non-hydrogen) atoms. The van der Waals surface area contributed by atoms with Gasteiger partial charge in [0.2, 0.25) is 0 Å². The number of carbonyl (C=O) groups is 6. The molecule has 0 rings (SSSR count). The molecule has 204 valence electrons. The van der Waals surface area contributed by atoms with E-state index in [1.54, 1.807) is 0 Å². The average Bonchev–Trinajstić information content (AvgIpc) is 2.76. The van der Waals surface area contributed by atoms with Gasteiger partial charge in [-0.05, 0) is 32.1 Å². The fourth-order valence-electron chi connectivity index (χ4n) is 1.95. The number of aliphatic carboxylic acids is 4. The number of hydrogen-bond donors (Lipinski definition) is 4. The molecule has 0 bridgehead atoms. The first-order valence-electron chi connectivity index (χ1n) is 11.6. The Labute approximate surface area is 205 Å². The maximum Gasteiger partial charge on any atom is 0.306 e. The Balaban J connectivity index is -0.000000466. The lowest BCUT2D eigenvalue weighted by Gasteiger charge is -2.04. The monoisotopic (exact) mass is 508 g/mol. The summed E-state index contributed by atoms with van der Waals surface area (Å²) in [5.41, 5.74) is 0. The van der Waals surface area contributed by atoms with Crippen LogP contribution in [0.15, 0.2) is 0 Å². The Morgan fingerprint density at radius 1 is 0.457 bits per heavy atom. The second kappa shape index (κ2) is 27.1. The van der Waals surface area contributed by atoms with Crippen LogP contribution in [-0.2, 0) is 38.2 Å². The molecule has 0 aromatic rings. The minimum Gasteiger partial charge on any atom is -0.481 e. The highest BCUT2D eigenvalue weighted by Gasteiger charge is 2.08. The predicted molar refractivity (Wildman–Crippen MR) is 124 cm³/mol. The van der Waals surface area contributed by atoms with E-state index in [2.05, 4.69) is 0 Å². The van der Waals surface area contributed by atoms with Gasteiger partial charge in [0.1, 0.15) is 0 Å². The Hall–Kier alpha value is -3.18. The largest absolute Gasteiger partial charge is 0.481 e. The molecule has 0 aromatic heterocycles. The average molecular weight is 509 g/mol. The third-order valence-electron chi connectivity index (χ3n) is 3.87. The molecule has 0 aromatic carbocycles. The van der Waals surface area contributed by atoms with Gasteiger partial charge in [0, 0.05) is 25.7 Å². The van der Waals surface area contributed by atoms with E-state index in [-0.39, 0.29) is 56.9 Å². The van der Waals surface area contributed by atoms with Crippen molar-refractivity contribution in [2.75, 3.05) is 13.2 Å². The highest BCUT2D eigenvalue weighted by molar-refractivity contribution is 5.77. The Kier molecular flexibility index (Phi) is 28.1. The fraction of sp³-hybridized carbons (Fsp3) is 0.739. The minimum atomic E-state index is -0.948. The summed E-state index contributed by atoms with van der Waals surface area (Å²) in [7, 11) is 0. The van der Waals surface area contributed by atoms with Crippen molar-refractivity contribution in [3.63, 3.8) is 0 Å². The summed E-state index contributed by atoms with van der Waals surface area (Å²) in [6.45, 7) is 4.94. The smallest absolute Gasteiger partial charge is 0.306 e. The molecule has 0 unspecified atom stereocenters. The van der Waals surface area contributed by atoms with E-state index in [9.17, 15) is 28.8 Å². The number of ether oxygens (including phenoxy) is 2. The molecule has 0 spiro atoms. The van der Waals surface area contributed by atoms with Gasteiger partial charge in [0.25, 0.3) is 0 Å². The van der Waals surface area contributed by atoms with Crippen molar-refractivity contribution in [2.45, 2.75) is 97.3 Å². The van der Waals surface area contributed by atoms with Crippen molar-refractivity contribution in [3.05, 3.63) is 0 Å². The van der Waals surface area contributed by atoms with Gasteiger partial charge < -0.3 is 29.9 Å². The van der Waals surface area contributed by atoms with Crippen LogP contribution in [0.25, 0.3) is 0 Å². The number of carboxylic acid groups (broad SMARTS) is 4. The lowest BCUT2D eigenvalue weighted by atomic mass is 10.2. The van der Waals surface area contributed by atoms with Gasteiger partial charge in [-0.15, -0.1) is 0 Å². The summed E-state index contributed by atoms with van der Waals surface area (Å²) < 4.78 is 9.82. The van der Waals surface area contributed by atoms with Gasteiger partial charge in [0.05, 0.1) is 26.1 Å². The normalized spacial score (nSPS) is 9.43. The minimum absolute atomic E-state index is 0.0628. The van der Waals surface area contributed by atoms with Crippen LogP contribution in [0.5, 0.6) is 0 Å². The summed E-state index contributed by atoms with van der Waals surface area (Å²) in [4.78, 5) is 61.6. The van der Waals surface area contributed by atoms with Gasteiger partial charge in [-0.1, -0.05) is 26.7 Å². The summed E-state index contributed by atoms with van der Waals surface area (Å²) in [6, 6.07) is 0. The number of carboxylic acids is 4. The molecule has 0 atom stereocenters. The van der Waals surface area contributed by atoms with Crippen LogP contribution in [0, 0.1) is 0 Å². The van der Waals surface area contributed by atoms with Crippen LogP contribution in [0.2, 0.25) is 0 Å². The van der Waals surface area contributed by atoms with E-state index in [4.69, 9.17) is 29.9 Å². The van der Waals surface area contributed by atoms with Gasteiger partial charge >= 0.3 is 35.8 Å². The quantitative estimate of drug-likeness (QED) is 0.155. The molecule has 0 aliphatic carbocycles. The molecule has 4 N–H and O–H groups in total. The van der Waals surface area contributed by atoms with E-state index in [1.165, 1.54) is 0 Å². The summed E-state index contributed by atoms with van der Waals surface area (Å²) in [5, 5.41) is 32.3. The molecule has 0 heterocycles. The van der Waals surface area contributed by atoms with E-state index < -0.39 is 23.9 Å². The molecule has 0 aliphatic rings. The zero-order valence-corrected chi connectivity index (χ0v) is 20.7. The van der Waals surface area contributed by atoms with Crippen LogP contribution in [-0.4, -0.2) is 69.5 Å². The third-order valence-corrected chi connectivity index (χ3v) is 3.87. The van der Waals surface area contributed by atoms with E-state index in [1.807, 2.05) is 13.8 Å². The van der Waals surface area contributed by atoms with E-state index >= 15 is 0 Å². The Morgan fingerprint density at radius 2 is 0.743 bits per heavy atom. The zero-order valence-electron chi connectivity index (χ0n) is 20.7. The number of rotatable bonds is 18. The molecule has 12 nitrogen and oxygen atoms in total. The lowest BCUT2D eigenvalue weighted by Crippen LogP contribution is -2.11. The van der Waals surface area contributed by atoms with Crippen molar-refractivity contribution in [1.29, 1.82) is 0 Å². The van der Waals surface area contributed by atoms with Crippen molar-refractivity contribution in [1.82, 2.24) is 0 Å². The molecule has 0 saturated carbocycles. The van der Waals surface area contributed by atoms with Gasteiger partial charge in [-0.3, -0.25) is 28.8 Å². The van der Waals surface area contributed by atoms with Crippen molar-refractivity contribution >= 4 is 35.8 Å². The molecule has 0 amide bonds. The summed E-state index contributed by atoms with van der Waals surface area (Å²) in [6.07, 6.45) is 5.06. The van der Waals surface area contributed by atoms with E-state index in [0.717, 1.165) is 25.7 Å². The maximum atomic E-state index is 11.1. The van der Waals surface area contributed by atoms with Gasteiger partial charge in [-0.2, -0.15) is 0 Å². The van der Waals surface area contributed by atoms with Crippen molar-refractivity contribution < 1.29 is 58.7 Å². The summed E-state index contributed by atoms with van der Waals surface area (Å²) in [5.74, 6) is -4.27.